The number of aromatic nitrogens is 1. The van der Waals surface area contributed by atoms with Crippen LogP contribution in [0.1, 0.15) is 5.56 Å². The molecular weight excluding hydrogens is 318 g/mol. The van der Waals surface area contributed by atoms with Gasteiger partial charge in [0.05, 0.1) is 0 Å². The smallest absolute Gasteiger partial charge is 0.323 e. The molecule has 1 aromatic heterocycles. The van der Waals surface area contributed by atoms with E-state index in [2.05, 4.69) is 0 Å². The summed E-state index contributed by atoms with van der Waals surface area (Å²) in [7, 11) is 0. The van der Waals surface area contributed by atoms with Crippen LogP contribution in [0.15, 0.2) is 77.7 Å². The molecule has 0 saturated carbocycles. The summed E-state index contributed by atoms with van der Waals surface area (Å²) in [5, 5.41) is 8.87. The number of carbonyl (C=O) groups is 1. The topological polar surface area (TPSA) is 68.5 Å². The van der Waals surface area contributed by atoms with E-state index in [9.17, 15) is 9.59 Å². The molecule has 0 aliphatic carbocycles. The van der Waals surface area contributed by atoms with E-state index in [-0.39, 0.29) is 12.1 Å². The van der Waals surface area contributed by atoms with E-state index < -0.39 is 5.97 Å². The summed E-state index contributed by atoms with van der Waals surface area (Å²) in [6, 6.07) is 20.4. The first kappa shape index (κ1) is 16.5. The highest BCUT2D eigenvalue weighted by atomic mass is 16.5. The fourth-order valence-electron chi connectivity index (χ4n) is 2.46. The number of rotatable bonds is 6. The molecule has 25 heavy (non-hydrogen) atoms. The average Bonchev–Trinajstić information content (AvgIpc) is 2.63. The zero-order chi connectivity index (χ0) is 17.6. The predicted molar refractivity (Wildman–Crippen MR) is 94.5 cm³/mol. The summed E-state index contributed by atoms with van der Waals surface area (Å²) in [6.45, 7) is 0.134. The molecule has 0 aliphatic rings. The number of aliphatic carboxylic acids is 1. The fraction of sp³-hybridized carbons (Fsp3) is 0.100. The van der Waals surface area contributed by atoms with Gasteiger partial charge in [-0.3, -0.25) is 9.59 Å². The number of nitrogens with zero attached hydrogens (tertiary/aromatic N) is 1. The fourth-order valence-corrected chi connectivity index (χ4v) is 2.46. The molecule has 0 unspecified atom stereocenters. The molecule has 5 nitrogen and oxygen atoms in total. The maximum absolute atomic E-state index is 11.7. The van der Waals surface area contributed by atoms with Crippen molar-refractivity contribution < 1.29 is 14.6 Å². The van der Waals surface area contributed by atoms with Crippen molar-refractivity contribution in [3.63, 3.8) is 0 Å². The minimum absolute atomic E-state index is 0.339. The van der Waals surface area contributed by atoms with Gasteiger partial charge in [0.25, 0.3) is 5.56 Å². The normalized spacial score (nSPS) is 10.4. The molecule has 0 spiro atoms. The van der Waals surface area contributed by atoms with Crippen molar-refractivity contribution in [3.8, 4) is 16.9 Å². The number of hydrogen-bond donors (Lipinski definition) is 1. The van der Waals surface area contributed by atoms with Crippen molar-refractivity contribution in [2.24, 2.45) is 0 Å². The monoisotopic (exact) mass is 335 g/mol. The maximum atomic E-state index is 11.7. The third kappa shape index (κ3) is 4.35. The van der Waals surface area contributed by atoms with E-state index in [1.807, 2.05) is 54.6 Å². The van der Waals surface area contributed by atoms with Gasteiger partial charge >= 0.3 is 5.97 Å². The molecule has 1 N–H and O–H groups in total. The van der Waals surface area contributed by atoms with E-state index in [4.69, 9.17) is 9.84 Å². The first-order valence-electron chi connectivity index (χ1n) is 7.81. The van der Waals surface area contributed by atoms with Crippen LogP contribution < -0.4 is 10.3 Å². The Labute approximate surface area is 144 Å². The average molecular weight is 335 g/mol. The van der Waals surface area contributed by atoms with Gasteiger partial charge in [-0.25, -0.2) is 0 Å². The molecule has 0 saturated heterocycles. The van der Waals surface area contributed by atoms with E-state index in [1.165, 1.54) is 10.6 Å². The Balaban J connectivity index is 1.74. The summed E-state index contributed by atoms with van der Waals surface area (Å²) in [4.78, 5) is 22.5. The van der Waals surface area contributed by atoms with Crippen LogP contribution in [0.5, 0.6) is 5.75 Å². The third-order valence-electron chi connectivity index (χ3n) is 3.73. The number of ether oxygens (including phenoxy) is 1. The van der Waals surface area contributed by atoms with Crippen molar-refractivity contribution in [2.45, 2.75) is 13.2 Å². The second kappa shape index (κ2) is 7.49. The van der Waals surface area contributed by atoms with E-state index in [0.717, 1.165) is 22.4 Å². The van der Waals surface area contributed by atoms with Crippen LogP contribution in [0.25, 0.3) is 11.1 Å². The predicted octanol–water partition coefficient (Wildman–Crippen LogP) is 3.18. The number of carboxylic acids is 1. The van der Waals surface area contributed by atoms with Gasteiger partial charge in [-0.2, -0.15) is 0 Å². The molecule has 0 radical (unpaired) electrons. The maximum Gasteiger partial charge on any atom is 0.323 e. The van der Waals surface area contributed by atoms with Gasteiger partial charge in [-0.15, -0.1) is 0 Å². The molecule has 1 heterocycles. The van der Waals surface area contributed by atoms with Crippen LogP contribution in [0.2, 0.25) is 0 Å². The lowest BCUT2D eigenvalue weighted by atomic mass is 10.1. The summed E-state index contributed by atoms with van der Waals surface area (Å²) < 4.78 is 6.92. The second-order valence-electron chi connectivity index (χ2n) is 5.58. The highest BCUT2D eigenvalue weighted by Gasteiger charge is 2.05. The van der Waals surface area contributed by atoms with Crippen LogP contribution in [-0.4, -0.2) is 15.6 Å². The van der Waals surface area contributed by atoms with Crippen molar-refractivity contribution in [1.29, 1.82) is 0 Å². The molecule has 5 heteroatoms. The van der Waals surface area contributed by atoms with Gasteiger partial charge < -0.3 is 14.4 Å². The third-order valence-corrected chi connectivity index (χ3v) is 3.73. The largest absolute Gasteiger partial charge is 0.489 e. The minimum atomic E-state index is -1.05. The highest BCUT2D eigenvalue weighted by molar-refractivity contribution is 5.67. The molecule has 0 bridgehead atoms. The Hall–Kier alpha value is -3.34. The first-order valence-corrected chi connectivity index (χ1v) is 7.81. The van der Waals surface area contributed by atoms with Crippen LogP contribution >= 0.6 is 0 Å². The van der Waals surface area contributed by atoms with Crippen LogP contribution in [0.3, 0.4) is 0 Å². The Bertz CT molecular complexity index is 914. The molecular formula is C20H17NO4. The van der Waals surface area contributed by atoms with E-state index in [0.29, 0.717) is 6.61 Å². The van der Waals surface area contributed by atoms with Gasteiger partial charge in [0.2, 0.25) is 0 Å². The molecule has 3 aromatic rings. The van der Waals surface area contributed by atoms with Crippen LogP contribution in [-0.2, 0) is 17.9 Å². The van der Waals surface area contributed by atoms with Crippen molar-refractivity contribution in [2.75, 3.05) is 0 Å². The van der Waals surface area contributed by atoms with Gasteiger partial charge in [0, 0.05) is 12.3 Å². The highest BCUT2D eigenvalue weighted by Crippen LogP contribution is 2.22. The van der Waals surface area contributed by atoms with E-state index >= 15 is 0 Å². The number of hydrogen-bond acceptors (Lipinski definition) is 3. The van der Waals surface area contributed by atoms with Crippen molar-refractivity contribution >= 4 is 5.97 Å². The van der Waals surface area contributed by atoms with Gasteiger partial charge in [0.15, 0.2) is 0 Å². The lowest BCUT2D eigenvalue weighted by molar-refractivity contribution is -0.137. The van der Waals surface area contributed by atoms with Crippen LogP contribution in [0.4, 0.5) is 0 Å². The molecule has 0 atom stereocenters. The lowest BCUT2D eigenvalue weighted by Gasteiger charge is -2.09. The number of pyridine rings is 1. The standard InChI is InChI=1S/C20H17NO4/c22-19-11-8-17(12-21(19)13-20(23)24)16-6-9-18(10-7-16)25-14-15-4-2-1-3-5-15/h1-12H,13-14H2,(H,23,24). The Morgan fingerprint density at radius 1 is 0.920 bits per heavy atom. The zero-order valence-electron chi connectivity index (χ0n) is 13.5. The van der Waals surface area contributed by atoms with Crippen LogP contribution in [0, 0.1) is 0 Å². The summed E-state index contributed by atoms with van der Waals surface area (Å²) in [6.07, 6.45) is 1.55. The summed E-state index contributed by atoms with van der Waals surface area (Å²) >= 11 is 0. The molecule has 2 aromatic carbocycles. The second-order valence-corrected chi connectivity index (χ2v) is 5.58. The van der Waals surface area contributed by atoms with Gasteiger partial charge in [0.1, 0.15) is 18.9 Å². The Morgan fingerprint density at radius 2 is 1.60 bits per heavy atom. The lowest BCUT2D eigenvalue weighted by Crippen LogP contribution is -2.22. The van der Waals surface area contributed by atoms with Gasteiger partial charge in [-0.05, 0) is 34.9 Å². The zero-order valence-corrected chi connectivity index (χ0v) is 13.5. The number of carboxylic acid groups (broad SMARTS) is 1. The molecule has 3 rings (SSSR count). The summed E-state index contributed by atoms with van der Waals surface area (Å²) in [5.41, 5.74) is 2.41. The Kier molecular flexibility index (Phi) is 4.95. The number of benzene rings is 2. The summed E-state index contributed by atoms with van der Waals surface area (Å²) in [5.74, 6) is -0.310. The molecule has 0 amide bonds. The van der Waals surface area contributed by atoms with Gasteiger partial charge in [-0.1, -0.05) is 42.5 Å². The van der Waals surface area contributed by atoms with E-state index in [1.54, 1.807) is 12.3 Å². The van der Waals surface area contributed by atoms with Crippen molar-refractivity contribution in [3.05, 3.63) is 88.8 Å². The Morgan fingerprint density at radius 3 is 2.28 bits per heavy atom. The first-order chi connectivity index (χ1) is 12.1. The van der Waals surface area contributed by atoms with Crippen molar-refractivity contribution in [1.82, 2.24) is 4.57 Å². The molecule has 0 fully saturated rings. The molecule has 0 aliphatic heterocycles. The minimum Gasteiger partial charge on any atom is -0.489 e. The molecule has 126 valence electrons. The SMILES string of the molecule is O=C(O)Cn1cc(-c2ccc(OCc3ccccc3)cc2)ccc1=O. The quantitative estimate of drug-likeness (QED) is 0.751.